The average Bonchev–Trinajstić information content (AvgIpc) is 3.27. The molecule has 1 saturated heterocycles. The van der Waals surface area contributed by atoms with Crippen molar-refractivity contribution in [3.05, 3.63) is 0 Å². The van der Waals surface area contributed by atoms with E-state index in [0.717, 1.165) is 11.3 Å². The first-order valence-electron chi connectivity index (χ1n) is 13.0. The number of unbranched alkanes of at least 4 members (excludes halogenated alkanes) is 2. The zero-order valence-electron chi connectivity index (χ0n) is 22.8. The summed E-state index contributed by atoms with van der Waals surface area (Å²) in [6.07, 6.45) is 1.56. The van der Waals surface area contributed by atoms with Gasteiger partial charge < -0.3 is 30.3 Å². The Labute approximate surface area is 219 Å². The van der Waals surface area contributed by atoms with Crippen molar-refractivity contribution in [3.8, 4) is 0 Å². The van der Waals surface area contributed by atoms with Crippen molar-refractivity contribution in [2.24, 2.45) is 0 Å². The Morgan fingerprint density at radius 3 is 2.22 bits per heavy atom. The van der Waals surface area contributed by atoms with Crippen molar-refractivity contribution in [3.63, 3.8) is 0 Å². The second kappa shape index (κ2) is 14.7. The number of carboxylic acids is 1. The van der Waals surface area contributed by atoms with E-state index < -0.39 is 61.0 Å². The molecule has 0 radical (unpaired) electrons. The van der Waals surface area contributed by atoms with Crippen LogP contribution in [0.1, 0.15) is 92.9 Å². The maximum absolute atomic E-state index is 13.3. The van der Waals surface area contributed by atoms with Crippen molar-refractivity contribution in [1.82, 2.24) is 15.5 Å². The minimum atomic E-state index is -4.58. The van der Waals surface area contributed by atoms with Crippen LogP contribution < -0.4 is 10.6 Å². The molecule has 5 atom stereocenters. The zero-order valence-corrected chi connectivity index (χ0v) is 23.7. The standard InChI is InChI=1S/C24H44N3O9P/c1-7-9-12-17(25-23(32)35-24(4,5)6)20(28)26-19(14-10-8-2)37(33,34)36-16(3)21(29)27-15-11-13-18(27)22(30)31/h16-19H,7-15H2,1-6H3,(H,25,32)(H,26,28)(H,30,31)(H,33,34)/t16?,17-,18-,19-/m0/s1. The van der Waals surface area contributed by atoms with Gasteiger partial charge in [-0.05, 0) is 53.4 Å². The predicted octanol–water partition coefficient (Wildman–Crippen LogP) is 3.37. The van der Waals surface area contributed by atoms with Crippen LogP contribution in [0.5, 0.6) is 0 Å². The molecule has 0 aromatic carbocycles. The summed E-state index contributed by atoms with van der Waals surface area (Å²) in [5.41, 5.74) is -0.772. The molecule has 1 heterocycles. The van der Waals surface area contributed by atoms with Crippen LogP contribution in [0.3, 0.4) is 0 Å². The Hall–Kier alpha value is -2.17. The number of aliphatic carboxylic acids is 1. The van der Waals surface area contributed by atoms with E-state index in [-0.39, 0.29) is 13.0 Å². The largest absolute Gasteiger partial charge is 0.480 e. The maximum atomic E-state index is 13.3. The summed E-state index contributed by atoms with van der Waals surface area (Å²) in [5, 5.41) is 14.4. The van der Waals surface area contributed by atoms with Gasteiger partial charge in [-0.3, -0.25) is 18.7 Å². The number of hydrogen-bond donors (Lipinski definition) is 4. The van der Waals surface area contributed by atoms with Crippen LogP contribution in [0.25, 0.3) is 0 Å². The van der Waals surface area contributed by atoms with Gasteiger partial charge in [0.2, 0.25) is 5.91 Å². The van der Waals surface area contributed by atoms with E-state index in [1.807, 2.05) is 13.8 Å². The van der Waals surface area contributed by atoms with Gasteiger partial charge in [0.15, 0.2) is 0 Å². The highest BCUT2D eigenvalue weighted by Crippen LogP contribution is 2.49. The summed E-state index contributed by atoms with van der Waals surface area (Å²) in [6.45, 7) is 10.4. The third-order valence-corrected chi connectivity index (χ3v) is 7.66. The molecule has 0 aromatic heterocycles. The lowest BCUT2D eigenvalue weighted by Gasteiger charge is -2.30. The second-order valence-corrected chi connectivity index (χ2v) is 12.3. The highest BCUT2D eigenvalue weighted by atomic mass is 31.2. The molecule has 4 N–H and O–H groups in total. The molecule has 12 nitrogen and oxygen atoms in total. The molecule has 2 unspecified atom stereocenters. The summed E-state index contributed by atoms with van der Waals surface area (Å²) in [4.78, 5) is 61.6. The average molecular weight is 550 g/mol. The number of amides is 3. The number of likely N-dealkylation sites (tertiary alicyclic amines) is 1. The normalized spacial score (nSPS) is 19.9. The number of rotatable bonds is 14. The molecule has 1 aliphatic heterocycles. The van der Waals surface area contributed by atoms with Crippen LogP contribution in [0.4, 0.5) is 4.79 Å². The predicted molar refractivity (Wildman–Crippen MR) is 137 cm³/mol. The highest BCUT2D eigenvalue weighted by Gasteiger charge is 2.41. The number of carboxylic acid groups (broad SMARTS) is 1. The number of carbonyl (C=O) groups is 4. The van der Waals surface area contributed by atoms with Crippen molar-refractivity contribution < 1.29 is 43.0 Å². The number of nitrogens with zero attached hydrogens (tertiary/aromatic N) is 1. The van der Waals surface area contributed by atoms with Crippen molar-refractivity contribution in [1.29, 1.82) is 0 Å². The minimum absolute atomic E-state index is 0.103. The molecule has 3 amide bonds. The Kier molecular flexibility index (Phi) is 13.0. The van der Waals surface area contributed by atoms with E-state index in [4.69, 9.17) is 9.26 Å². The van der Waals surface area contributed by atoms with E-state index in [1.54, 1.807) is 20.8 Å². The molecule has 0 spiro atoms. The fourth-order valence-corrected chi connectivity index (χ4v) is 5.46. The second-order valence-electron chi connectivity index (χ2n) is 10.3. The van der Waals surface area contributed by atoms with E-state index in [2.05, 4.69) is 10.6 Å². The fraction of sp³-hybridized carbons (Fsp3) is 0.833. The number of carbonyl (C=O) groups excluding carboxylic acids is 3. The van der Waals surface area contributed by atoms with E-state index in [9.17, 15) is 33.7 Å². The highest BCUT2D eigenvalue weighted by molar-refractivity contribution is 7.53. The van der Waals surface area contributed by atoms with Gasteiger partial charge in [-0.1, -0.05) is 39.5 Å². The molecular formula is C24H44N3O9P. The van der Waals surface area contributed by atoms with Gasteiger partial charge in [0, 0.05) is 6.54 Å². The lowest BCUT2D eigenvalue weighted by atomic mass is 10.1. The van der Waals surface area contributed by atoms with E-state index >= 15 is 0 Å². The molecule has 0 bridgehead atoms. The van der Waals surface area contributed by atoms with Gasteiger partial charge in [-0.15, -0.1) is 0 Å². The van der Waals surface area contributed by atoms with Gasteiger partial charge in [0.05, 0.1) is 0 Å². The zero-order chi connectivity index (χ0) is 28.4. The quantitative estimate of drug-likeness (QED) is 0.237. The van der Waals surface area contributed by atoms with Crippen LogP contribution in [0.15, 0.2) is 0 Å². The molecule has 214 valence electrons. The number of ether oxygens (including phenoxy) is 1. The lowest BCUT2D eigenvalue weighted by Crippen LogP contribution is -2.51. The van der Waals surface area contributed by atoms with Gasteiger partial charge >= 0.3 is 19.7 Å². The molecule has 1 rings (SSSR count). The molecule has 0 saturated carbocycles. The third-order valence-electron chi connectivity index (χ3n) is 5.87. The molecule has 1 fully saturated rings. The number of hydrogen-bond acceptors (Lipinski definition) is 7. The van der Waals surface area contributed by atoms with Crippen LogP contribution in [0, 0.1) is 0 Å². The van der Waals surface area contributed by atoms with Crippen molar-refractivity contribution in [2.75, 3.05) is 6.54 Å². The molecule has 1 aliphatic rings. The van der Waals surface area contributed by atoms with Gasteiger partial charge in [0.1, 0.15) is 29.6 Å². The molecular weight excluding hydrogens is 505 g/mol. The lowest BCUT2D eigenvalue weighted by molar-refractivity contribution is -0.151. The number of nitrogens with one attached hydrogen (secondary N) is 2. The van der Waals surface area contributed by atoms with Crippen molar-refractivity contribution >= 4 is 31.5 Å². The topological polar surface area (TPSA) is 172 Å². The molecule has 13 heteroatoms. The Morgan fingerprint density at radius 2 is 1.68 bits per heavy atom. The summed E-state index contributed by atoms with van der Waals surface area (Å²) in [7, 11) is -4.58. The van der Waals surface area contributed by atoms with Crippen LogP contribution in [-0.4, -0.2) is 74.9 Å². The maximum Gasteiger partial charge on any atom is 0.408 e. The van der Waals surface area contributed by atoms with Crippen molar-refractivity contribution in [2.45, 2.75) is 122 Å². The summed E-state index contributed by atoms with van der Waals surface area (Å²) in [6, 6.07) is -2.01. The summed E-state index contributed by atoms with van der Waals surface area (Å²) in [5.74, 6) is -3.84. The Morgan fingerprint density at radius 1 is 1.08 bits per heavy atom. The van der Waals surface area contributed by atoms with Gasteiger partial charge in [-0.2, -0.15) is 0 Å². The van der Waals surface area contributed by atoms with Crippen LogP contribution in [-0.2, 0) is 28.2 Å². The molecule has 0 aromatic rings. The van der Waals surface area contributed by atoms with Crippen LogP contribution in [0.2, 0.25) is 0 Å². The van der Waals surface area contributed by atoms with E-state index in [0.29, 0.717) is 38.5 Å². The minimum Gasteiger partial charge on any atom is -0.480 e. The first-order valence-corrected chi connectivity index (χ1v) is 14.6. The summed E-state index contributed by atoms with van der Waals surface area (Å²) >= 11 is 0. The van der Waals surface area contributed by atoms with Gasteiger partial charge in [0.25, 0.3) is 5.91 Å². The molecule has 37 heavy (non-hydrogen) atoms. The van der Waals surface area contributed by atoms with Crippen LogP contribution >= 0.6 is 7.60 Å². The Bertz CT molecular complexity index is 846. The van der Waals surface area contributed by atoms with E-state index in [1.165, 1.54) is 6.92 Å². The molecule has 0 aliphatic carbocycles. The van der Waals surface area contributed by atoms with Gasteiger partial charge in [-0.25, -0.2) is 9.59 Å². The SMILES string of the molecule is CCCC[C@H](NC(=O)OC(C)(C)C)C(=O)N[C@H](CCCC)P(=O)(O)OC(C)C(=O)N1CCC[C@H]1C(=O)O. The Balaban J connectivity index is 3.01. The smallest absolute Gasteiger partial charge is 0.408 e. The summed E-state index contributed by atoms with van der Waals surface area (Å²) < 4.78 is 23.8. The third kappa shape index (κ3) is 11.0. The number of alkyl carbamates (subject to hydrolysis) is 1. The first-order chi connectivity index (χ1) is 17.1. The fourth-order valence-electron chi connectivity index (χ4n) is 3.97. The monoisotopic (exact) mass is 549 g/mol. The first kappa shape index (κ1) is 32.9.